The molecule has 1 aromatic heterocycles. The van der Waals surface area contributed by atoms with Crippen LogP contribution < -0.4 is 5.32 Å². The van der Waals surface area contributed by atoms with Crippen LogP contribution in [-0.4, -0.2) is 72.2 Å². The van der Waals surface area contributed by atoms with Crippen LogP contribution in [-0.2, 0) is 16.5 Å². The van der Waals surface area contributed by atoms with Gasteiger partial charge in [-0.05, 0) is 32.4 Å². The number of ether oxygens (including phenoxy) is 2. The topological polar surface area (TPSA) is 68.6 Å². The summed E-state index contributed by atoms with van der Waals surface area (Å²) in [6.45, 7) is 6.76. The van der Waals surface area contributed by atoms with E-state index in [1.165, 1.54) is 0 Å². The summed E-state index contributed by atoms with van der Waals surface area (Å²) in [5, 5.41) is 7.36. The Bertz CT molecular complexity index is 520. The monoisotopic (exact) mass is 322 g/mol. The van der Waals surface area contributed by atoms with Crippen molar-refractivity contribution in [2.45, 2.75) is 31.9 Å². The van der Waals surface area contributed by atoms with E-state index in [1.807, 2.05) is 20.0 Å². The molecule has 2 atom stereocenters. The Morgan fingerprint density at radius 2 is 2.35 bits per heavy atom. The normalized spacial score (nSPS) is 26.2. The Balaban J connectivity index is 1.50. The van der Waals surface area contributed by atoms with Crippen LogP contribution in [0, 0.1) is 6.92 Å². The van der Waals surface area contributed by atoms with Gasteiger partial charge in [-0.15, -0.1) is 0 Å². The number of nitrogens with one attached hydrogen (secondary N) is 1. The number of rotatable bonds is 4. The van der Waals surface area contributed by atoms with Gasteiger partial charge < -0.3 is 14.8 Å². The second-order valence-corrected chi connectivity index (χ2v) is 6.43. The molecule has 128 valence electrons. The summed E-state index contributed by atoms with van der Waals surface area (Å²) < 4.78 is 12.9. The minimum Gasteiger partial charge on any atom is -0.376 e. The van der Waals surface area contributed by atoms with Gasteiger partial charge in [0.15, 0.2) is 0 Å². The number of likely N-dealkylation sites (tertiary alicyclic amines) is 1. The summed E-state index contributed by atoms with van der Waals surface area (Å²) >= 11 is 0. The predicted molar refractivity (Wildman–Crippen MR) is 85.4 cm³/mol. The van der Waals surface area contributed by atoms with Gasteiger partial charge in [-0.3, -0.25) is 14.4 Å². The summed E-state index contributed by atoms with van der Waals surface area (Å²) in [6, 6.07) is 1.99. The van der Waals surface area contributed by atoms with Gasteiger partial charge in [0, 0.05) is 31.9 Å². The van der Waals surface area contributed by atoms with Crippen molar-refractivity contribution >= 4 is 5.91 Å². The average molecular weight is 322 g/mol. The minimum absolute atomic E-state index is 0.0854. The van der Waals surface area contributed by atoms with Gasteiger partial charge in [0.1, 0.15) is 5.69 Å². The molecule has 0 bridgehead atoms. The van der Waals surface area contributed by atoms with Crippen molar-refractivity contribution < 1.29 is 14.3 Å². The quantitative estimate of drug-likeness (QED) is 0.866. The molecular weight excluding hydrogens is 296 g/mol. The van der Waals surface area contributed by atoms with E-state index in [0.717, 1.165) is 38.2 Å². The van der Waals surface area contributed by atoms with Gasteiger partial charge >= 0.3 is 0 Å². The van der Waals surface area contributed by atoms with Crippen molar-refractivity contribution in [1.82, 2.24) is 20.0 Å². The first kappa shape index (κ1) is 16.4. The highest BCUT2D eigenvalue weighted by Crippen LogP contribution is 2.13. The molecule has 7 heteroatoms. The molecule has 0 radical (unpaired) electrons. The highest BCUT2D eigenvalue weighted by molar-refractivity contribution is 5.92. The number of hydrogen-bond donors (Lipinski definition) is 1. The standard InChI is InChI=1S/C16H26N4O3/c1-12-8-15(18-19(12)2)16(21)17-13-4-3-5-20(9-13)10-14-11-22-6-7-23-14/h8,13-14H,3-7,9-11H2,1-2H3,(H,17,21). The molecule has 1 amide bonds. The van der Waals surface area contributed by atoms with Gasteiger partial charge in [-0.2, -0.15) is 5.10 Å². The van der Waals surface area contributed by atoms with Crippen molar-refractivity contribution in [2.75, 3.05) is 39.5 Å². The molecule has 2 fully saturated rings. The lowest BCUT2D eigenvalue weighted by Crippen LogP contribution is -2.50. The fourth-order valence-electron chi connectivity index (χ4n) is 3.20. The Morgan fingerprint density at radius 1 is 1.48 bits per heavy atom. The number of amides is 1. The summed E-state index contributed by atoms with van der Waals surface area (Å²) in [5.41, 5.74) is 1.47. The summed E-state index contributed by atoms with van der Waals surface area (Å²) in [7, 11) is 1.85. The van der Waals surface area contributed by atoms with Gasteiger partial charge in [0.05, 0.1) is 25.9 Å². The number of piperidine rings is 1. The fraction of sp³-hybridized carbons (Fsp3) is 0.750. The number of carbonyl (C=O) groups excluding carboxylic acids is 1. The molecule has 2 aliphatic rings. The van der Waals surface area contributed by atoms with Crippen LogP contribution in [0.1, 0.15) is 29.0 Å². The van der Waals surface area contributed by atoms with E-state index in [9.17, 15) is 4.79 Å². The van der Waals surface area contributed by atoms with Crippen LogP contribution >= 0.6 is 0 Å². The lowest BCUT2D eigenvalue weighted by molar-refractivity contribution is -0.0991. The molecular formula is C16H26N4O3. The van der Waals surface area contributed by atoms with Crippen molar-refractivity contribution in [1.29, 1.82) is 0 Å². The summed E-state index contributed by atoms with van der Waals surface area (Å²) in [6.07, 6.45) is 2.24. The summed E-state index contributed by atoms with van der Waals surface area (Å²) in [5.74, 6) is -0.0854. The maximum atomic E-state index is 12.3. The SMILES string of the molecule is Cc1cc(C(=O)NC2CCCN(CC3COCCO3)C2)nn1C. The van der Waals surface area contributed by atoms with E-state index >= 15 is 0 Å². The maximum Gasteiger partial charge on any atom is 0.272 e. The van der Waals surface area contributed by atoms with Crippen LogP contribution in [0.3, 0.4) is 0 Å². The third-order valence-corrected chi connectivity index (χ3v) is 4.53. The molecule has 0 saturated carbocycles. The molecule has 1 aromatic rings. The molecule has 2 unspecified atom stereocenters. The molecule has 1 N–H and O–H groups in total. The fourth-order valence-corrected chi connectivity index (χ4v) is 3.20. The van der Waals surface area contributed by atoms with E-state index in [0.29, 0.717) is 25.5 Å². The molecule has 0 spiro atoms. The molecule has 23 heavy (non-hydrogen) atoms. The van der Waals surface area contributed by atoms with E-state index < -0.39 is 0 Å². The first-order valence-electron chi connectivity index (χ1n) is 8.35. The number of nitrogens with zero attached hydrogens (tertiary/aromatic N) is 3. The molecule has 2 saturated heterocycles. The molecule has 3 heterocycles. The van der Waals surface area contributed by atoms with Crippen LogP contribution in [0.4, 0.5) is 0 Å². The maximum absolute atomic E-state index is 12.3. The lowest BCUT2D eigenvalue weighted by Gasteiger charge is -2.36. The minimum atomic E-state index is -0.0854. The smallest absolute Gasteiger partial charge is 0.272 e. The third kappa shape index (κ3) is 4.31. The van der Waals surface area contributed by atoms with E-state index in [-0.39, 0.29) is 18.1 Å². The van der Waals surface area contributed by atoms with E-state index in [2.05, 4.69) is 15.3 Å². The van der Waals surface area contributed by atoms with Crippen molar-refractivity contribution in [3.63, 3.8) is 0 Å². The largest absolute Gasteiger partial charge is 0.376 e. The molecule has 0 aliphatic carbocycles. The third-order valence-electron chi connectivity index (χ3n) is 4.53. The zero-order valence-electron chi connectivity index (χ0n) is 14.0. The number of aryl methyl sites for hydroxylation is 2. The van der Waals surface area contributed by atoms with Gasteiger partial charge in [-0.25, -0.2) is 0 Å². The van der Waals surface area contributed by atoms with Crippen LogP contribution in [0.2, 0.25) is 0 Å². The second kappa shape index (κ2) is 7.42. The first-order chi connectivity index (χ1) is 11.1. The van der Waals surface area contributed by atoms with Crippen LogP contribution in [0.5, 0.6) is 0 Å². The van der Waals surface area contributed by atoms with E-state index in [1.54, 1.807) is 4.68 Å². The number of carbonyl (C=O) groups is 1. The average Bonchev–Trinajstić information content (AvgIpc) is 2.88. The van der Waals surface area contributed by atoms with Crippen LogP contribution in [0.15, 0.2) is 6.07 Å². The predicted octanol–water partition coefficient (Wildman–Crippen LogP) is 0.338. The van der Waals surface area contributed by atoms with Gasteiger partial charge in [0.2, 0.25) is 0 Å². The van der Waals surface area contributed by atoms with Crippen LogP contribution in [0.25, 0.3) is 0 Å². The van der Waals surface area contributed by atoms with E-state index in [4.69, 9.17) is 9.47 Å². The lowest BCUT2D eigenvalue weighted by atomic mass is 10.0. The first-order valence-corrected chi connectivity index (χ1v) is 8.35. The van der Waals surface area contributed by atoms with Crippen molar-refractivity contribution in [3.8, 4) is 0 Å². The number of hydrogen-bond acceptors (Lipinski definition) is 5. The highest BCUT2D eigenvalue weighted by Gasteiger charge is 2.25. The molecule has 7 nitrogen and oxygen atoms in total. The van der Waals surface area contributed by atoms with Gasteiger partial charge in [-0.1, -0.05) is 0 Å². The van der Waals surface area contributed by atoms with Gasteiger partial charge in [0.25, 0.3) is 5.91 Å². The van der Waals surface area contributed by atoms with Crippen molar-refractivity contribution in [2.24, 2.45) is 7.05 Å². The summed E-state index contributed by atoms with van der Waals surface area (Å²) in [4.78, 5) is 14.7. The molecule has 2 aliphatic heterocycles. The molecule has 3 rings (SSSR count). The number of aromatic nitrogens is 2. The Kier molecular flexibility index (Phi) is 5.30. The zero-order chi connectivity index (χ0) is 16.2. The second-order valence-electron chi connectivity index (χ2n) is 6.43. The molecule has 0 aromatic carbocycles. The Morgan fingerprint density at radius 3 is 3.04 bits per heavy atom. The highest BCUT2D eigenvalue weighted by atomic mass is 16.6. The Labute approximate surface area is 136 Å². The van der Waals surface area contributed by atoms with Crippen molar-refractivity contribution in [3.05, 3.63) is 17.5 Å². The zero-order valence-corrected chi connectivity index (χ0v) is 14.0. The Hall–Kier alpha value is -1.44.